The van der Waals surface area contributed by atoms with Gasteiger partial charge in [-0.2, -0.15) is 0 Å². The number of fused-ring (bicyclic) bond motifs is 3. The first-order chi connectivity index (χ1) is 16.9. The first kappa shape index (κ1) is 22.2. The van der Waals surface area contributed by atoms with E-state index in [4.69, 9.17) is 13.9 Å². The van der Waals surface area contributed by atoms with Gasteiger partial charge in [-0.05, 0) is 37.3 Å². The summed E-state index contributed by atoms with van der Waals surface area (Å²) in [6.07, 6.45) is 1.51. The van der Waals surface area contributed by atoms with E-state index in [-0.39, 0.29) is 31.2 Å². The van der Waals surface area contributed by atoms with Crippen LogP contribution in [0.4, 0.5) is 5.69 Å². The topological polar surface area (TPSA) is 129 Å². The van der Waals surface area contributed by atoms with E-state index in [1.807, 2.05) is 6.92 Å². The lowest BCUT2D eigenvalue weighted by Crippen LogP contribution is -2.32. The molecule has 0 aliphatic carbocycles. The van der Waals surface area contributed by atoms with Crippen molar-refractivity contribution in [1.82, 2.24) is 9.88 Å². The normalized spacial score (nSPS) is 12.1. The van der Waals surface area contributed by atoms with Gasteiger partial charge in [-0.1, -0.05) is 0 Å². The Morgan fingerprint density at radius 2 is 1.83 bits per heavy atom. The number of nitrogens with one attached hydrogen (secondary N) is 2. The van der Waals surface area contributed by atoms with Gasteiger partial charge in [0.1, 0.15) is 11.1 Å². The van der Waals surface area contributed by atoms with E-state index in [0.717, 1.165) is 0 Å². The van der Waals surface area contributed by atoms with E-state index in [1.165, 1.54) is 12.3 Å². The molecule has 0 radical (unpaired) electrons. The van der Waals surface area contributed by atoms with Crippen LogP contribution in [0.5, 0.6) is 11.5 Å². The summed E-state index contributed by atoms with van der Waals surface area (Å²) in [4.78, 5) is 49.4. The zero-order valence-electron chi connectivity index (χ0n) is 18.8. The summed E-state index contributed by atoms with van der Waals surface area (Å²) in [5, 5.41) is 6.40. The largest absolute Gasteiger partial charge is 0.454 e. The van der Waals surface area contributed by atoms with Gasteiger partial charge in [0.05, 0.1) is 10.9 Å². The maximum Gasteiger partial charge on any atom is 0.336 e. The van der Waals surface area contributed by atoms with Crippen LogP contribution >= 0.6 is 0 Å². The molecule has 1 aliphatic heterocycles. The Kier molecular flexibility index (Phi) is 5.69. The predicted molar refractivity (Wildman–Crippen MR) is 128 cm³/mol. The third-order valence-corrected chi connectivity index (χ3v) is 5.70. The van der Waals surface area contributed by atoms with Crippen molar-refractivity contribution in [2.24, 2.45) is 0 Å². The number of ether oxygens (including phenoxy) is 2. The highest BCUT2D eigenvalue weighted by Crippen LogP contribution is 2.35. The molecule has 3 heterocycles. The summed E-state index contributed by atoms with van der Waals surface area (Å²) < 4.78 is 17.6. The molecule has 1 aliphatic rings. The molecule has 2 aromatic heterocycles. The molecule has 0 atom stereocenters. The van der Waals surface area contributed by atoms with Crippen LogP contribution in [0.1, 0.15) is 23.7 Å². The van der Waals surface area contributed by atoms with E-state index in [1.54, 1.807) is 41.0 Å². The molecule has 5 rings (SSSR count). The van der Waals surface area contributed by atoms with Crippen LogP contribution in [0.25, 0.3) is 21.9 Å². The number of carbonyl (C=O) groups is 2. The zero-order chi connectivity index (χ0) is 24.5. The number of anilines is 1. The van der Waals surface area contributed by atoms with Gasteiger partial charge in [-0.3, -0.25) is 14.4 Å². The van der Waals surface area contributed by atoms with Crippen molar-refractivity contribution < 1.29 is 23.5 Å². The van der Waals surface area contributed by atoms with E-state index >= 15 is 0 Å². The van der Waals surface area contributed by atoms with Gasteiger partial charge in [0.15, 0.2) is 11.5 Å². The second-order valence-electron chi connectivity index (χ2n) is 7.94. The monoisotopic (exact) mass is 475 g/mol. The number of hydrogen-bond acceptors (Lipinski definition) is 7. The minimum Gasteiger partial charge on any atom is -0.454 e. The summed E-state index contributed by atoms with van der Waals surface area (Å²) >= 11 is 0. The number of aromatic nitrogens is 1. The van der Waals surface area contributed by atoms with Gasteiger partial charge >= 0.3 is 5.63 Å². The number of carbonyl (C=O) groups excluding carboxylic acids is 2. The Bertz CT molecular complexity index is 1600. The molecule has 2 N–H and O–H groups in total. The molecular weight excluding hydrogens is 454 g/mol. The fourth-order valence-corrected chi connectivity index (χ4v) is 3.96. The van der Waals surface area contributed by atoms with E-state index in [0.29, 0.717) is 45.6 Å². The number of amides is 2. The van der Waals surface area contributed by atoms with Crippen LogP contribution in [0.2, 0.25) is 0 Å². The van der Waals surface area contributed by atoms with Crippen molar-refractivity contribution in [3.63, 3.8) is 0 Å². The number of rotatable bonds is 6. The predicted octanol–water partition coefficient (Wildman–Crippen LogP) is 2.62. The van der Waals surface area contributed by atoms with Gasteiger partial charge < -0.3 is 29.1 Å². The Labute approximate surface area is 198 Å². The molecule has 0 fully saturated rings. The lowest BCUT2D eigenvalue weighted by molar-refractivity contribution is -0.116. The van der Waals surface area contributed by atoms with Gasteiger partial charge in [0, 0.05) is 48.9 Å². The second kappa shape index (κ2) is 8.98. The maximum absolute atomic E-state index is 13.0. The highest BCUT2D eigenvalue weighted by atomic mass is 16.7. The lowest BCUT2D eigenvalue weighted by Gasteiger charge is -2.12. The second-order valence-corrected chi connectivity index (χ2v) is 7.94. The molecule has 10 heteroatoms. The van der Waals surface area contributed by atoms with Crippen LogP contribution in [-0.4, -0.2) is 29.7 Å². The Morgan fingerprint density at radius 3 is 2.63 bits per heavy atom. The first-order valence-corrected chi connectivity index (χ1v) is 11.0. The molecule has 0 saturated carbocycles. The van der Waals surface area contributed by atoms with Crippen molar-refractivity contribution in [2.75, 3.05) is 18.7 Å². The van der Waals surface area contributed by atoms with Gasteiger partial charge in [-0.15, -0.1) is 0 Å². The third-order valence-electron chi connectivity index (χ3n) is 5.70. The minimum atomic E-state index is -0.565. The summed E-state index contributed by atoms with van der Waals surface area (Å²) in [7, 11) is 0. The molecule has 0 unspecified atom stereocenters. The lowest BCUT2D eigenvalue weighted by atomic mass is 10.1. The molecule has 4 aromatic rings. The molecule has 2 aromatic carbocycles. The maximum atomic E-state index is 13.0. The third kappa shape index (κ3) is 4.33. The molecule has 0 saturated heterocycles. The van der Waals surface area contributed by atoms with E-state index < -0.39 is 17.0 Å². The molecule has 178 valence electrons. The fourth-order valence-electron chi connectivity index (χ4n) is 3.96. The molecule has 0 spiro atoms. The van der Waals surface area contributed by atoms with Crippen LogP contribution < -0.4 is 31.2 Å². The number of benzene rings is 2. The molecule has 0 bridgehead atoms. The highest BCUT2D eigenvalue weighted by Gasteiger charge is 2.20. The van der Waals surface area contributed by atoms with E-state index in [2.05, 4.69) is 10.6 Å². The van der Waals surface area contributed by atoms with Gasteiger partial charge in [0.25, 0.3) is 5.91 Å². The van der Waals surface area contributed by atoms with Crippen LogP contribution in [0, 0.1) is 0 Å². The van der Waals surface area contributed by atoms with Crippen LogP contribution in [-0.2, 0) is 11.3 Å². The highest BCUT2D eigenvalue weighted by molar-refractivity contribution is 5.98. The minimum absolute atomic E-state index is 0.00187. The van der Waals surface area contributed by atoms with Crippen molar-refractivity contribution >= 4 is 39.4 Å². The first-order valence-electron chi connectivity index (χ1n) is 11.0. The van der Waals surface area contributed by atoms with Crippen LogP contribution in [0.3, 0.4) is 0 Å². The quantitative estimate of drug-likeness (QED) is 0.410. The van der Waals surface area contributed by atoms with Crippen molar-refractivity contribution in [2.45, 2.75) is 19.9 Å². The Balaban J connectivity index is 1.26. The standard InChI is InChI=1S/C25H21N3O7/c1-2-28-12-17(24(31)16-10-20-21(11-18(16)28)34-13-33-20)25(32)26-8-7-22(29)27-15-4-5-19-14(9-15)3-6-23(30)35-19/h3-6,9-12H,2,7-8,13H2,1H3,(H,26,32)(H,27,29). The van der Waals surface area contributed by atoms with Gasteiger partial charge in [0.2, 0.25) is 18.1 Å². The zero-order valence-corrected chi connectivity index (χ0v) is 18.8. The van der Waals surface area contributed by atoms with Gasteiger partial charge in [-0.25, -0.2) is 4.79 Å². The Morgan fingerprint density at radius 1 is 1.03 bits per heavy atom. The number of aryl methyl sites for hydroxylation is 1. The molecular formula is C25H21N3O7. The van der Waals surface area contributed by atoms with Crippen molar-refractivity contribution in [3.05, 3.63) is 74.9 Å². The summed E-state index contributed by atoms with van der Waals surface area (Å²) in [5.74, 6) is 0.130. The fraction of sp³-hybridized carbons (Fsp3) is 0.200. The Hall–Kier alpha value is -4.60. The summed E-state index contributed by atoms with van der Waals surface area (Å²) in [6.45, 7) is 2.56. The molecule has 10 nitrogen and oxygen atoms in total. The average Bonchev–Trinajstić information content (AvgIpc) is 3.31. The SMILES string of the molecule is CCn1cc(C(=O)NCCC(=O)Nc2ccc3oc(=O)ccc3c2)c(=O)c2cc3c(cc21)OCO3. The van der Waals surface area contributed by atoms with E-state index in [9.17, 15) is 19.2 Å². The molecule has 2 amide bonds. The number of hydrogen-bond donors (Lipinski definition) is 2. The average molecular weight is 475 g/mol. The van der Waals surface area contributed by atoms with Crippen LogP contribution in [0.15, 0.2) is 62.7 Å². The smallest absolute Gasteiger partial charge is 0.336 e. The number of nitrogens with zero attached hydrogens (tertiary/aromatic N) is 1. The van der Waals surface area contributed by atoms with Crippen molar-refractivity contribution in [3.8, 4) is 11.5 Å². The molecule has 35 heavy (non-hydrogen) atoms. The summed E-state index contributed by atoms with van der Waals surface area (Å²) in [5.41, 5.74) is 0.699. The van der Waals surface area contributed by atoms with Crippen molar-refractivity contribution in [1.29, 1.82) is 0 Å². The summed E-state index contributed by atoms with van der Waals surface area (Å²) in [6, 6.07) is 11.1. The number of pyridine rings is 1.